The molecule has 0 atom stereocenters. The molecule has 0 aromatic heterocycles. The number of rotatable bonds is 0. The molecule has 0 rings (SSSR count). The molecule has 1 heteroatoms. The largest absolute Gasteiger partial charge is 0.242 e. The van der Waals surface area contributed by atoms with Crippen LogP contribution in [-0.2, 0) is 0 Å². The SMILES string of the molecule is C=C([CH2-])C.[Pm]. The van der Waals surface area contributed by atoms with E-state index in [2.05, 4.69) is 13.5 Å². The average molecular weight is 200 g/mol. The van der Waals surface area contributed by atoms with Crippen LogP contribution in [0, 0.1) is 47.3 Å². The topological polar surface area (TPSA) is 0 Å². The predicted octanol–water partition coefficient (Wildman–Crippen LogP) is 1.40. The van der Waals surface area contributed by atoms with E-state index in [9.17, 15) is 0 Å². The van der Waals surface area contributed by atoms with Crippen LogP contribution in [0.3, 0.4) is 0 Å². The number of hydrogen-bond donors (Lipinski definition) is 0. The molecule has 0 saturated heterocycles. The van der Waals surface area contributed by atoms with Crippen molar-refractivity contribution < 1.29 is 40.4 Å². The molecule has 0 aliphatic rings. The average Bonchev–Trinajstić information content (AvgIpc) is 0.811. The van der Waals surface area contributed by atoms with Crippen molar-refractivity contribution >= 4 is 0 Å². The Morgan fingerprint density at radius 1 is 1.80 bits per heavy atom. The van der Waals surface area contributed by atoms with Crippen LogP contribution >= 0.6 is 0 Å². The summed E-state index contributed by atoms with van der Waals surface area (Å²) in [5, 5.41) is 0. The van der Waals surface area contributed by atoms with Crippen molar-refractivity contribution in [1.82, 2.24) is 0 Å². The first-order chi connectivity index (χ1) is 1.73. The van der Waals surface area contributed by atoms with Gasteiger partial charge in [0.2, 0.25) is 0 Å². The third kappa shape index (κ3) is 47.9. The Kier molecular flexibility index (Phi) is 9.24. The van der Waals surface area contributed by atoms with E-state index >= 15 is 0 Å². The molecule has 0 saturated carbocycles. The quantitative estimate of drug-likeness (QED) is 0.518. The zero-order chi connectivity index (χ0) is 3.58. The van der Waals surface area contributed by atoms with E-state index in [1.807, 2.05) is 6.92 Å². The van der Waals surface area contributed by atoms with Gasteiger partial charge >= 0.3 is 0 Å². The molecule has 1 radical (unpaired) electrons. The van der Waals surface area contributed by atoms with Crippen LogP contribution in [-0.4, -0.2) is 0 Å². The molecule has 0 spiro atoms. The minimum Gasteiger partial charge on any atom is -0.242 e. The molecule has 0 aliphatic heterocycles. The van der Waals surface area contributed by atoms with Crippen molar-refractivity contribution in [3.63, 3.8) is 0 Å². The van der Waals surface area contributed by atoms with Gasteiger partial charge in [0.15, 0.2) is 0 Å². The summed E-state index contributed by atoms with van der Waals surface area (Å²) in [6.45, 7) is 8.75. The van der Waals surface area contributed by atoms with E-state index < -0.39 is 0 Å². The Hall–Kier alpha value is 0.948. The normalized spacial score (nSPS) is 5.00. The predicted molar refractivity (Wildman–Crippen MR) is 20.2 cm³/mol. The van der Waals surface area contributed by atoms with E-state index in [0.717, 1.165) is 5.57 Å². The first kappa shape index (κ1) is 9.34. The van der Waals surface area contributed by atoms with Gasteiger partial charge in [-0.3, -0.25) is 0 Å². The summed E-state index contributed by atoms with van der Waals surface area (Å²) in [6, 6.07) is 0. The Balaban J connectivity index is 0. The van der Waals surface area contributed by atoms with Crippen molar-refractivity contribution in [2.24, 2.45) is 0 Å². The fourth-order valence-electron chi connectivity index (χ4n) is 0. The molecule has 29 valence electrons. The standard InChI is InChI=1S/C4H7.Pm/c1-4(2)3;/h1-2H2,3H3;/q-1;. The smallest absolute Gasteiger partial charge is 0 e. The molecule has 0 N–H and O–H groups in total. The molecule has 0 fully saturated rings. The van der Waals surface area contributed by atoms with Crippen LogP contribution in [0.15, 0.2) is 12.2 Å². The fourth-order valence-corrected chi connectivity index (χ4v) is 0. The number of allylic oxidation sites excluding steroid dienone is 1. The van der Waals surface area contributed by atoms with Crippen molar-refractivity contribution in [2.45, 2.75) is 6.92 Å². The third-order valence-corrected chi connectivity index (χ3v) is 0. The molecule has 0 unspecified atom stereocenters. The van der Waals surface area contributed by atoms with E-state index in [0.29, 0.717) is 0 Å². The maximum absolute atomic E-state index is 3.44. The van der Waals surface area contributed by atoms with Gasteiger partial charge in [0.05, 0.1) is 0 Å². The number of hydrogen-bond acceptors (Lipinski definition) is 0. The van der Waals surface area contributed by atoms with Gasteiger partial charge < -0.3 is 0 Å². The van der Waals surface area contributed by atoms with Crippen molar-refractivity contribution in [3.8, 4) is 0 Å². The van der Waals surface area contributed by atoms with Gasteiger partial charge in [0.1, 0.15) is 0 Å². The second kappa shape index (κ2) is 4.95. The molecule has 0 aromatic rings. The van der Waals surface area contributed by atoms with Gasteiger partial charge in [-0.1, -0.05) is 6.92 Å². The van der Waals surface area contributed by atoms with Gasteiger partial charge in [0.25, 0.3) is 0 Å². The van der Waals surface area contributed by atoms with Crippen LogP contribution in [0.4, 0.5) is 0 Å². The van der Waals surface area contributed by atoms with Gasteiger partial charge in [-0.15, -0.1) is 0 Å². The first-order valence-corrected chi connectivity index (χ1v) is 1.21. The van der Waals surface area contributed by atoms with Crippen LogP contribution < -0.4 is 0 Å². The summed E-state index contributed by atoms with van der Waals surface area (Å²) >= 11 is 0. The molecule has 5 heavy (non-hydrogen) atoms. The Morgan fingerprint density at radius 3 is 1.80 bits per heavy atom. The summed E-state index contributed by atoms with van der Waals surface area (Å²) in [4.78, 5) is 0. The Labute approximate surface area is 65.8 Å². The zero-order valence-electron chi connectivity index (χ0n) is 3.36. The molecular formula is C4H7Pm-. The van der Waals surface area contributed by atoms with Crippen LogP contribution in [0.25, 0.3) is 0 Å². The molecule has 0 bridgehead atoms. The molecule has 0 aromatic carbocycles. The Morgan fingerprint density at radius 2 is 1.80 bits per heavy atom. The summed E-state index contributed by atoms with van der Waals surface area (Å²) in [5.74, 6) is 0. The summed E-state index contributed by atoms with van der Waals surface area (Å²) in [6.07, 6.45) is 0. The first-order valence-electron chi connectivity index (χ1n) is 1.21. The van der Waals surface area contributed by atoms with Crippen molar-refractivity contribution in [3.05, 3.63) is 19.1 Å². The summed E-state index contributed by atoms with van der Waals surface area (Å²) in [5.41, 5.74) is 0.917. The molecular weight excluding hydrogens is 193 g/mol. The molecule has 0 heterocycles. The van der Waals surface area contributed by atoms with E-state index in [1.54, 1.807) is 0 Å². The molecule has 0 nitrogen and oxygen atoms in total. The Bertz CT molecular complexity index is 26.6. The third-order valence-electron chi connectivity index (χ3n) is 0. The van der Waals surface area contributed by atoms with E-state index in [-0.39, 0.29) is 40.4 Å². The van der Waals surface area contributed by atoms with Gasteiger partial charge in [-0.05, 0) is 0 Å². The minimum absolute atomic E-state index is 0. The minimum atomic E-state index is 0. The van der Waals surface area contributed by atoms with Gasteiger partial charge in [-0.2, -0.15) is 0 Å². The maximum atomic E-state index is 3.44. The summed E-state index contributed by atoms with van der Waals surface area (Å²) in [7, 11) is 0. The second-order valence-electron chi connectivity index (χ2n) is 0.957. The van der Waals surface area contributed by atoms with Crippen molar-refractivity contribution in [2.75, 3.05) is 0 Å². The van der Waals surface area contributed by atoms with Gasteiger partial charge in [-0.25, -0.2) is 19.1 Å². The van der Waals surface area contributed by atoms with E-state index in [1.165, 1.54) is 0 Å². The molecule has 0 amide bonds. The zero-order valence-corrected chi connectivity index (χ0v) is 6.23. The second-order valence-corrected chi connectivity index (χ2v) is 0.957. The van der Waals surface area contributed by atoms with Gasteiger partial charge in [0, 0.05) is 40.4 Å². The summed E-state index contributed by atoms with van der Waals surface area (Å²) < 4.78 is 0. The fraction of sp³-hybridized carbons (Fsp3) is 0.250. The van der Waals surface area contributed by atoms with Crippen molar-refractivity contribution in [1.29, 1.82) is 0 Å². The van der Waals surface area contributed by atoms with Crippen LogP contribution in [0.5, 0.6) is 0 Å². The van der Waals surface area contributed by atoms with Crippen LogP contribution in [0.2, 0.25) is 0 Å². The molecule has 0 aliphatic carbocycles. The maximum Gasteiger partial charge on any atom is 0 e. The van der Waals surface area contributed by atoms with Crippen LogP contribution in [0.1, 0.15) is 6.92 Å². The van der Waals surface area contributed by atoms with E-state index in [4.69, 9.17) is 0 Å². The monoisotopic (exact) mass is 200 g/mol.